The fourth-order valence-corrected chi connectivity index (χ4v) is 3.45. The number of carbonyl (C=O) groups is 2. The standard InChI is InChI=1S/C21H23NO4.5CH4/c1-3-13(2)19(20(23)24)22-21(25)26-12-18-16-10-6-4-8-14(16)15-9-5-7-11-17(15)18;;;;;/h4-11,13,18-19H,3,12H2,1-2H3,(H,22,25)(H,23,24);5*1H4/t13-,19-;;;;;/m0...../s1/i;1T;1D;;;. The lowest BCUT2D eigenvalue weighted by Crippen LogP contribution is -2.45. The normalized spacial score (nSPS) is 12.9. The Morgan fingerprint density at radius 2 is 1.52 bits per heavy atom. The third kappa shape index (κ3) is 6.84. The zero-order chi connectivity index (χ0) is 22.7. The molecule has 1 aliphatic rings. The predicted molar refractivity (Wildman–Crippen MR) is 133 cm³/mol. The number of carbonyl (C=O) groups excluding carboxylic acids is 1. The van der Waals surface area contributed by atoms with E-state index in [4.69, 9.17) is 7.48 Å². The van der Waals surface area contributed by atoms with E-state index >= 15 is 0 Å². The molecule has 5 nitrogen and oxygen atoms in total. The number of alkyl carbamates (subject to hydrolysis) is 1. The Morgan fingerprint density at radius 1 is 1.06 bits per heavy atom. The smallest absolute Gasteiger partial charge is 0.407 e. The van der Waals surface area contributed by atoms with Gasteiger partial charge in [-0.2, -0.15) is 0 Å². The largest absolute Gasteiger partial charge is 0.480 e. The molecule has 0 aromatic heterocycles. The van der Waals surface area contributed by atoms with E-state index in [0.29, 0.717) is 6.42 Å². The van der Waals surface area contributed by atoms with Crippen LogP contribution in [0.2, 0.25) is 0 Å². The van der Waals surface area contributed by atoms with Crippen LogP contribution in [0.25, 0.3) is 11.1 Å². The molecule has 0 radical (unpaired) electrons. The van der Waals surface area contributed by atoms with Crippen molar-refractivity contribution in [3.05, 3.63) is 59.7 Å². The number of nitrogens with one attached hydrogen (secondary N) is 1. The number of ether oxygens (including phenoxy) is 1. The van der Waals surface area contributed by atoms with Crippen LogP contribution in [-0.2, 0) is 9.53 Å². The van der Waals surface area contributed by atoms with E-state index in [1.807, 2.05) is 43.3 Å². The van der Waals surface area contributed by atoms with Crippen LogP contribution in [0.1, 0.15) is 77.1 Å². The van der Waals surface area contributed by atoms with Gasteiger partial charge in [-0.3, -0.25) is 0 Å². The lowest BCUT2D eigenvalue weighted by atomic mass is 9.98. The number of carboxylic acids is 1. The average Bonchev–Trinajstić information content (AvgIpc) is 3.12. The van der Waals surface area contributed by atoms with E-state index in [1.54, 1.807) is 6.92 Å². The molecule has 2 atom stereocenters. The first-order valence-corrected chi connectivity index (χ1v) is 8.87. The third-order valence-corrected chi connectivity index (χ3v) is 5.10. The summed E-state index contributed by atoms with van der Waals surface area (Å²) < 4.78 is 16.9. The number of rotatable bonds is 6. The molecule has 31 heavy (non-hydrogen) atoms. The first-order valence-electron chi connectivity index (χ1n) is 10.9. The Hall–Kier alpha value is -2.82. The zero-order valence-electron chi connectivity index (χ0n) is 18.9. The first-order chi connectivity index (χ1) is 14.5. The van der Waals surface area contributed by atoms with Crippen molar-refractivity contribution in [2.75, 3.05) is 6.61 Å². The van der Waals surface area contributed by atoms with Gasteiger partial charge in [0.1, 0.15) is 12.6 Å². The van der Waals surface area contributed by atoms with E-state index in [2.05, 4.69) is 17.4 Å². The van der Waals surface area contributed by atoms with Crippen LogP contribution in [0.4, 0.5) is 4.79 Å². The Labute approximate surface area is 192 Å². The van der Waals surface area contributed by atoms with Crippen LogP contribution in [-0.4, -0.2) is 29.8 Å². The van der Waals surface area contributed by atoms with Crippen molar-refractivity contribution in [2.45, 2.75) is 69.3 Å². The third-order valence-electron chi connectivity index (χ3n) is 5.10. The highest BCUT2D eigenvalue weighted by Crippen LogP contribution is 2.44. The van der Waals surface area contributed by atoms with Crippen LogP contribution in [0, 0.1) is 5.92 Å². The van der Waals surface area contributed by atoms with Crippen LogP contribution >= 0.6 is 0 Å². The molecule has 0 aliphatic heterocycles. The van der Waals surface area contributed by atoms with E-state index in [1.165, 1.54) is 14.8 Å². The van der Waals surface area contributed by atoms with E-state index in [9.17, 15) is 14.7 Å². The Balaban J connectivity index is -0.00000122. The number of hydrogen-bond donors (Lipinski definition) is 2. The molecule has 0 saturated carbocycles. The molecule has 2 N–H and O–H groups in total. The van der Waals surface area contributed by atoms with Gasteiger partial charge in [0.05, 0.1) is 0 Å². The molecule has 3 rings (SSSR count). The number of amides is 1. The fourth-order valence-electron chi connectivity index (χ4n) is 3.45. The summed E-state index contributed by atoms with van der Waals surface area (Å²) in [7, 11) is 2.50. The SMILES string of the molecule is C.C.C.CC[C@H](C)[C@H](NC(=O)OCC1c2ccccc2-c2ccccc21)C(=O)O.[2H]C.[3H]C. The maximum absolute atomic E-state index is 12.2. The number of carboxylic acid groups (broad SMARTS) is 1. The Kier molecular flexibility index (Phi) is 12.9. The topological polar surface area (TPSA) is 75.6 Å². The summed E-state index contributed by atoms with van der Waals surface area (Å²) in [5, 5.41) is 11.8. The molecule has 0 unspecified atom stereocenters. The first kappa shape index (κ1) is 28.2. The van der Waals surface area contributed by atoms with Gasteiger partial charge < -0.3 is 15.2 Å². The summed E-state index contributed by atoms with van der Waals surface area (Å²) in [6, 6.07) is 15.2. The van der Waals surface area contributed by atoms with Crippen molar-refractivity contribution in [2.24, 2.45) is 5.92 Å². The maximum Gasteiger partial charge on any atom is 0.407 e. The summed E-state index contributed by atoms with van der Waals surface area (Å²) in [6.45, 7) is 3.86. The van der Waals surface area contributed by atoms with Gasteiger partial charge in [-0.25, -0.2) is 9.59 Å². The van der Waals surface area contributed by atoms with Crippen LogP contribution in [0.5, 0.6) is 0 Å². The second-order valence-corrected chi connectivity index (χ2v) is 6.67. The maximum atomic E-state index is 12.2. The van der Waals surface area contributed by atoms with E-state index in [0.717, 1.165) is 22.3 Å². The second-order valence-electron chi connectivity index (χ2n) is 6.67. The van der Waals surface area contributed by atoms with Gasteiger partial charge >= 0.3 is 12.1 Å². The van der Waals surface area contributed by atoms with Gasteiger partial charge in [0, 0.05) is 8.66 Å². The minimum Gasteiger partial charge on any atom is -0.480 e. The van der Waals surface area contributed by atoms with Crippen LogP contribution in [0.3, 0.4) is 0 Å². The summed E-state index contributed by atoms with van der Waals surface area (Å²) in [6.07, 6.45) is -0.0415. The summed E-state index contributed by atoms with van der Waals surface area (Å²) in [5.41, 5.74) is 4.55. The molecule has 176 valence electrons. The highest BCUT2D eigenvalue weighted by atomic mass is 16.5. The van der Waals surface area contributed by atoms with Crippen molar-refractivity contribution in [1.29, 1.82) is 0 Å². The Morgan fingerprint density at radius 3 is 1.94 bits per heavy atom. The molecular formula is C26H43NO4. The summed E-state index contributed by atoms with van der Waals surface area (Å²) >= 11 is 0. The Bertz CT molecular complexity index is 784. The van der Waals surface area contributed by atoms with Crippen molar-refractivity contribution in [1.82, 2.24) is 5.32 Å². The number of hydrogen-bond acceptors (Lipinski definition) is 3. The van der Waals surface area contributed by atoms with Crippen molar-refractivity contribution >= 4 is 12.1 Å². The minimum absolute atomic E-state index is 0. The van der Waals surface area contributed by atoms with Crippen molar-refractivity contribution < 1.29 is 22.2 Å². The molecule has 0 spiro atoms. The highest BCUT2D eigenvalue weighted by Gasteiger charge is 2.30. The molecule has 0 saturated heterocycles. The highest BCUT2D eigenvalue weighted by molar-refractivity contribution is 5.81. The van der Waals surface area contributed by atoms with Crippen LogP contribution < -0.4 is 5.32 Å². The number of benzene rings is 2. The van der Waals surface area contributed by atoms with Gasteiger partial charge in [-0.1, -0.05) is 106 Å². The molecule has 0 fully saturated rings. The van der Waals surface area contributed by atoms with Crippen molar-refractivity contribution in [3.63, 3.8) is 0 Å². The zero-order valence-corrected chi connectivity index (χ0v) is 16.9. The molecule has 2 aromatic carbocycles. The number of aliphatic carboxylic acids is 1. The molecule has 1 aliphatic carbocycles. The second kappa shape index (κ2) is 14.2. The summed E-state index contributed by atoms with van der Waals surface area (Å²) in [5.74, 6) is -1.26. The van der Waals surface area contributed by atoms with Gasteiger partial charge in [0.2, 0.25) is 0 Å². The van der Waals surface area contributed by atoms with Crippen LogP contribution in [0.15, 0.2) is 48.5 Å². The lowest BCUT2D eigenvalue weighted by Gasteiger charge is -2.21. The van der Waals surface area contributed by atoms with Gasteiger partial charge in [-0.05, 0) is 28.2 Å². The molecule has 2 aromatic rings. The van der Waals surface area contributed by atoms with Gasteiger partial charge in [0.25, 0.3) is 0 Å². The molecule has 0 heterocycles. The minimum atomic E-state index is -1.05. The molecule has 1 amide bonds. The average molecular weight is 437 g/mol. The van der Waals surface area contributed by atoms with Gasteiger partial charge in [0.15, 0.2) is 0 Å². The fraction of sp³-hybridized carbons (Fsp3) is 0.462. The van der Waals surface area contributed by atoms with E-state index in [-0.39, 0.29) is 40.7 Å². The lowest BCUT2D eigenvalue weighted by molar-refractivity contribution is -0.140. The molecule has 5 heteroatoms. The molecule has 0 bridgehead atoms. The monoisotopic (exact) mass is 436 g/mol. The summed E-state index contributed by atoms with van der Waals surface area (Å²) in [4.78, 5) is 23.5. The van der Waals surface area contributed by atoms with Gasteiger partial charge in [-0.15, -0.1) is 0 Å². The predicted octanol–water partition coefficient (Wildman–Crippen LogP) is 7.20. The molecular weight excluding hydrogens is 390 g/mol. The van der Waals surface area contributed by atoms with E-state index < -0.39 is 18.1 Å². The van der Waals surface area contributed by atoms with Crippen molar-refractivity contribution in [3.8, 4) is 11.1 Å². The quantitative estimate of drug-likeness (QED) is 0.502. The number of fused-ring (bicyclic) bond motifs is 3.